The van der Waals surface area contributed by atoms with Crippen LogP contribution in [0, 0.1) is 26.0 Å². The van der Waals surface area contributed by atoms with E-state index in [0.717, 1.165) is 22.5 Å². The van der Waals surface area contributed by atoms with Crippen LogP contribution in [0.1, 0.15) is 36.1 Å². The van der Waals surface area contributed by atoms with Gasteiger partial charge in [-0.15, -0.1) is 70.3 Å². The maximum Gasteiger partial charge on any atom is 0.0795 e. The number of hydrogen-bond donors (Lipinski definition) is 0. The second-order valence-corrected chi connectivity index (χ2v) is 16.7. The molecule has 0 aliphatic carbocycles. The fraction of sp³-hybridized carbons (Fsp3) is 0.222. The van der Waals surface area contributed by atoms with Crippen molar-refractivity contribution in [2.24, 2.45) is 0 Å². The van der Waals surface area contributed by atoms with E-state index in [4.69, 9.17) is 0 Å². The van der Waals surface area contributed by atoms with Crippen molar-refractivity contribution in [2.75, 3.05) is 0 Å². The minimum Gasteiger partial charge on any atom is -0.305 e. The second-order valence-electron chi connectivity index (χ2n) is 11.6. The van der Waals surface area contributed by atoms with Crippen molar-refractivity contribution in [1.82, 2.24) is 9.97 Å². The molecule has 0 spiro atoms. The fourth-order valence-corrected chi connectivity index (χ4v) is 5.47. The molecule has 207 valence electrons. The minimum atomic E-state index is -1.24. The van der Waals surface area contributed by atoms with E-state index in [1.165, 1.54) is 27.4 Å². The smallest absolute Gasteiger partial charge is 0.0795 e. The largest absolute Gasteiger partial charge is 0.305 e. The summed E-state index contributed by atoms with van der Waals surface area (Å²) < 4.78 is 0. The van der Waals surface area contributed by atoms with Crippen molar-refractivity contribution in [3.05, 3.63) is 138 Å². The molecule has 40 heavy (non-hydrogen) atoms. The Morgan fingerprint density at radius 3 is 1.98 bits per heavy atom. The summed E-state index contributed by atoms with van der Waals surface area (Å²) in [5, 5.41) is 1.40. The number of benzene rings is 3. The number of aromatic nitrogens is 2. The van der Waals surface area contributed by atoms with Crippen LogP contribution in [0.5, 0.6) is 0 Å². The van der Waals surface area contributed by atoms with E-state index in [1.54, 1.807) is 0 Å². The topological polar surface area (TPSA) is 25.8 Å². The molecule has 0 unspecified atom stereocenters. The zero-order chi connectivity index (χ0) is 28.0. The predicted octanol–water partition coefficient (Wildman–Crippen LogP) is 8.58. The molecule has 0 N–H and O–H groups in total. The monoisotopic (exact) mass is 719 g/mol. The molecule has 2 aromatic heterocycles. The van der Waals surface area contributed by atoms with E-state index in [-0.39, 0.29) is 25.5 Å². The summed E-state index contributed by atoms with van der Waals surface area (Å²) in [6.45, 7) is 15.7. The van der Waals surface area contributed by atoms with Crippen LogP contribution in [0.4, 0.5) is 0 Å². The Bertz CT molecular complexity index is 1490. The van der Waals surface area contributed by atoms with Crippen molar-refractivity contribution >= 4 is 13.3 Å². The fourth-order valence-electron chi connectivity index (χ4n) is 4.44. The Morgan fingerprint density at radius 1 is 0.700 bits per heavy atom. The first-order valence-corrected chi connectivity index (χ1v) is 17.0. The van der Waals surface area contributed by atoms with Gasteiger partial charge in [0.1, 0.15) is 0 Å². The van der Waals surface area contributed by atoms with Gasteiger partial charge in [-0.3, -0.25) is 0 Å². The Kier molecular flexibility index (Phi) is 10.5. The molecule has 1 radical (unpaired) electrons. The molecule has 0 bridgehead atoms. The average molecular weight is 719 g/mol. The van der Waals surface area contributed by atoms with Crippen molar-refractivity contribution < 1.29 is 20.1 Å². The van der Waals surface area contributed by atoms with Crippen molar-refractivity contribution in [1.29, 1.82) is 0 Å². The number of pyridine rings is 2. The van der Waals surface area contributed by atoms with Gasteiger partial charge in [0.2, 0.25) is 0 Å². The third-order valence-corrected chi connectivity index (χ3v) is 9.18. The first kappa shape index (κ1) is 31.4. The first-order chi connectivity index (χ1) is 18.6. The maximum absolute atomic E-state index is 4.55. The van der Waals surface area contributed by atoms with Gasteiger partial charge in [0, 0.05) is 32.5 Å². The minimum absolute atomic E-state index is 0. The summed E-state index contributed by atoms with van der Waals surface area (Å²) in [6, 6.07) is 38.1. The maximum atomic E-state index is 4.55. The number of rotatable bonds is 5. The zero-order valence-electron chi connectivity index (χ0n) is 24.5. The van der Waals surface area contributed by atoms with Crippen LogP contribution in [0.25, 0.3) is 22.5 Å². The van der Waals surface area contributed by atoms with Crippen LogP contribution in [-0.2, 0) is 25.5 Å². The average Bonchev–Trinajstić information content (AvgIpc) is 2.94. The summed E-state index contributed by atoms with van der Waals surface area (Å²) in [4.78, 5) is 8.98. The Labute approximate surface area is 255 Å². The molecule has 5 aromatic rings. The van der Waals surface area contributed by atoms with Crippen molar-refractivity contribution in [2.45, 2.75) is 52.8 Å². The van der Waals surface area contributed by atoms with Gasteiger partial charge in [-0.2, -0.15) is 0 Å². The summed E-state index contributed by atoms with van der Waals surface area (Å²) in [7, 11) is -1.24. The van der Waals surface area contributed by atoms with E-state index in [1.807, 2.05) is 36.7 Å². The molecule has 4 heteroatoms. The standard InChI is InChI=1S/C21H20N.C15H18NSi.Ir/c1-16-15-18(21(2,3)17-9-5-4-6-10-17)12-13-19(16)20-11-7-8-14-22-20;1-12-5-7-13(8-6-12)15-10-9-14(11-16-15)17(2,3)4;/h4-12,14-15H,1-3H3;5-7,9-11H,1-4H3;/q2*-1;. The predicted molar refractivity (Wildman–Crippen MR) is 168 cm³/mol. The van der Waals surface area contributed by atoms with Gasteiger partial charge < -0.3 is 9.97 Å². The van der Waals surface area contributed by atoms with E-state index < -0.39 is 8.07 Å². The third-order valence-electron chi connectivity index (χ3n) is 7.15. The van der Waals surface area contributed by atoms with Crippen LogP contribution in [0.15, 0.2) is 103 Å². The van der Waals surface area contributed by atoms with Crippen LogP contribution >= 0.6 is 0 Å². The van der Waals surface area contributed by atoms with Crippen LogP contribution in [0.3, 0.4) is 0 Å². The summed E-state index contributed by atoms with van der Waals surface area (Å²) in [5.74, 6) is 0. The molecule has 3 aromatic carbocycles. The molecule has 0 aliphatic heterocycles. The van der Waals surface area contributed by atoms with Gasteiger partial charge >= 0.3 is 0 Å². The Balaban J connectivity index is 0.000000222. The molecule has 0 fully saturated rings. The van der Waals surface area contributed by atoms with E-state index in [2.05, 4.69) is 136 Å². The Hall–Kier alpha value is -3.17. The molecule has 0 amide bonds. The van der Waals surface area contributed by atoms with Gasteiger partial charge in [-0.05, 0) is 33.6 Å². The summed E-state index contributed by atoms with van der Waals surface area (Å²) >= 11 is 0. The first-order valence-electron chi connectivity index (χ1n) is 13.5. The van der Waals surface area contributed by atoms with Crippen molar-refractivity contribution in [3.63, 3.8) is 0 Å². The molecular formula is C36H38IrN2Si-2. The van der Waals surface area contributed by atoms with Crippen molar-refractivity contribution in [3.8, 4) is 22.5 Å². The second kappa shape index (κ2) is 13.5. The van der Waals surface area contributed by atoms with Gasteiger partial charge in [-0.25, -0.2) is 0 Å². The van der Waals surface area contributed by atoms with E-state index in [9.17, 15) is 0 Å². The quantitative estimate of drug-likeness (QED) is 0.135. The SMILES string of the molecule is Cc1c[c-]c(-c2ccc([Si](C)(C)C)cn2)cc1.Cc1cc(C(C)(C)c2ccccc2)c[c-]c1-c1ccccn1.[Ir]. The van der Waals surface area contributed by atoms with Gasteiger partial charge in [0.05, 0.1) is 8.07 Å². The molecule has 2 heterocycles. The third kappa shape index (κ3) is 7.72. The number of aryl methyl sites for hydroxylation is 2. The van der Waals surface area contributed by atoms with Crippen LogP contribution in [-0.4, -0.2) is 18.0 Å². The molecular weight excluding hydrogens is 681 g/mol. The summed E-state index contributed by atoms with van der Waals surface area (Å²) in [6.07, 6.45) is 3.85. The molecule has 0 atom stereocenters. The summed E-state index contributed by atoms with van der Waals surface area (Å²) in [5.41, 5.74) is 9.12. The van der Waals surface area contributed by atoms with Gasteiger partial charge in [0.15, 0.2) is 0 Å². The Morgan fingerprint density at radius 2 is 1.43 bits per heavy atom. The van der Waals surface area contributed by atoms with Gasteiger partial charge in [0.25, 0.3) is 0 Å². The van der Waals surface area contributed by atoms with Crippen LogP contribution < -0.4 is 5.19 Å². The molecule has 0 aliphatic rings. The number of nitrogens with zero attached hydrogens (tertiary/aromatic N) is 2. The normalized spacial score (nSPS) is 11.2. The van der Waals surface area contributed by atoms with E-state index >= 15 is 0 Å². The molecule has 0 saturated heterocycles. The molecule has 2 nitrogen and oxygen atoms in total. The number of hydrogen-bond acceptors (Lipinski definition) is 2. The zero-order valence-corrected chi connectivity index (χ0v) is 27.9. The van der Waals surface area contributed by atoms with E-state index in [0.29, 0.717) is 0 Å². The molecule has 5 rings (SSSR count). The van der Waals surface area contributed by atoms with Crippen LogP contribution in [0.2, 0.25) is 19.6 Å². The molecule has 0 saturated carbocycles. The van der Waals surface area contributed by atoms with Gasteiger partial charge in [-0.1, -0.05) is 102 Å².